The van der Waals surface area contributed by atoms with E-state index in [4.69, 9.17) is 9.15 Å². The maximum absolute atomic E-state index is 12.7. The SMILES string of the molecule is CCOC(=O)c1cnc2c(oc3ccccc32)c1Nc1ccc(O)c(CN(CC)CC)c1. The highest BCUT2D eigenvalue weighted by Crippen LogP contribution is 2.36. The van der Waals surface area contributed by atoms with Crippen molar-refractivity contribution in [3.05, 3.63) is 59.8 Å². The summed E-state index contributed by atoms with van der Waals surface area (Å²) in [5.74, 6) is -0.247. The molecule has 0 bridgehead atoms. The van der Waals surface area contributed by atoms with E-state index in [1.54, 1.807) is 19.1 Å². The number of pyridine rings is 1. The molecular formula is C25H27N3O4. The third kappa shape index (κ3) is 4.11. The monoisotopic (exact) mass is 433 g/mol. The number of anilines is 2. The van der Waals surface area contributed by atoms with Gasteiger partial charge in [-0.15, -0.1) is 0 Å². The molecule has 0 fully saturated rings. The van der Waals surface area contributed by atoms with Crippen LogP contribution in [0.25, 0.3) is 22.1 Å². The average Bonchev–Trinajstić information content (AvgIpc) is 3.19. The van der Waals surface area contributed by atoms with Crippen LogP contribution in [0.1, 0.15) is 36.7 Å². The van der Waals surface area contributed by atoms with Gasteiger partial charge in [-0.2, -0.15) is 0 Å². The first-order valence-corrected chi connectivity index (χ1v) is 10.8. The number of fused-ring (bicyclic) bond motifs is 3. The van der Waals surface area contributed by atoms with Gasteiger partial charge in [0, 0.05) is 29.4 Å². The van der Waals surface area contributed by atoms with Gasteiger partial charge in [0.2, 0.25) is 0 Å². The molecule has 7 heteroatoms. The lowest BCUT2D eigenvalue weighted by Gasteiger charge is -2.19. The maximum atomic E-state index is 12.7. The number of phenolic OH excluding ortho intramolecular Hbond substituents is 1. The van der Waals surface area contributed by atoms with Crippen molar-refractivity contribution in [1.29, 1.82) is 0 Å². The number of carbonyl (C=O) groups is 1. The Hall–Kier alpha value is -3.58. The average molecular weight is 434 g/mol. The second-order valence-corrected chi connectivity index (χ2v) is 7.47. The number of carbonyl (C=O) groups excluding carboxylic acids is 1. The number of aromatic nitrogens is 1. The summed E-state index contributed by atoms with van der Waals surface area (Å²) in [4.78, 5) is 19.4. The van der Waals surface area contributed by atoms with E-state index in [1.165, 1.54) is 6.20 Å². The van der Waals surface area contributed by atoms with E-state index in [0.29, 0.717) is 28.9 Å². The van der Waals surface area contributed by atoms with Crippen LogP contribution < -0.4 is 5.32 Å². The molecule has 2 aromatic heterocycles. The number of furan rings is 1. The predicted octanol–water partition coefficient (Wildman–Crippen LogP) is 5.45. The van der Waals surface area contributed by atoms with Crippen LogP contribution in [-0.2, 0) is 11.3 Å². The van der Waals surface area contributed by atoms with Gasteiger partial charge in [0.15, 0.2) is 5.58 Å². The van der Waals surface area contributed by atoms with E-state index in [1.807, 2.05) is 30.3 Å². The molecular weight excluding hydrogens is 406 g/mol. The van der Waals surface area contributed by atoms with Crippen molar-refractivity contribution in [2.24, 2.45) is 0 Å². The van der Waals surface area contributed by atoms with Gasteiger partial charge in [0.05, 0.1) is 6.61 Å². The lowest BCUT2D eigenvalue weighted by molar-refractivity contribution is 0.0527. The number of para-hydroxylation sites is 1. The molecule has 4 aromatic rings. The van der Waals surface area contributed by atoms with Crippen LogP contribution >= 0.6 is 0 Å². The van der Waals surface area contributed by atoms with Crippen molar-refractivity contribution >= 4 is 39.4 Å². The Morgan fingerprint density at radius 2 is 1.94 bits per heavy atom. The minimum absolute atomic E-state index is 0.233. The van der Waals surface area contributed by atoms with Crippen molar-refractivity contribution in [3.63, 3.8) is 0 Å². The standard InChI is InChI=1S/C25H27N3O4/c1-4-28(5-2)15-16-13-17(11-12-20(16)29)27-23-19(25(30)31-6-3)14-26-22-18-9-7-8-10-21(18)32-24(22)23/h7-14,29H,4-6,15H2,1-3H3,(H,26,27). The summed E-state index contributed by atoms with van der Waals surface area (Å²) in [5.41, 5.74) is 4.14. The zero-order valence-electron chi connectivity index (χ0n) is 18.5. The van der Waals surface area contributed by atoms with E-state index in [-0.39, 0.29) is 17.9 Å². The van der Waals surface area contributed by atoms with E-state index >= 15 is 0 Å². The number of aromatic hydroxyl groups is 1. The fourth-order valence-electron chi connectivity index (χ4n) is 3.76. The fourth-order valence-corrected chi connectivity index (χ4v) is 3.76. The molecule has 0 unspecified atom stereocenters. The number of nitrogens with one attached hydrogen (secondary N) is 1. The number of esters is 1. The predicted molar refractivity (Wildman–Crippen MR) is 125 cm³/mol. The molecule has 0 atom stereocenters. The largest absolute Gasteiger partial charge is 0.508 e. The fraction of sp³-hybridized carbons (Fsp3) is 0.280. The Labute approximate surface area is 186 Å². The Balaban J connectivity index is 1.82. The normalized spacial score (nSPS) is 11.4. The smallest absolute Gasteiger partial charge is 0.341 e. The number of phenols is 1. The lowest BCUT2D eigenvalue weighted by atomic mass is 10.1. The van der Waals surface area contributed by atoms with Gasteiger partial charge >= 0.3 is 5.97 Å². The molecule has 2 heterocycles. The Morgan fingerprint density at radius 1 is 1.16 bits per heavy atom. The highest BCUT2D eigenvalue weighted by Gasteiger charge is 2.21. The van der Waals surface area contributed by atoms with E-state index in [0.717, 1.165) is 29.7 Å². The molecule has 4 rings (SSSR count). The number of rotatable bonds is 8. The molecule has 0 spiro atoms. The maximum Gasteiger partial charge on any atom is 0.341 e. The third-order valence-electron chi connectivity index (χ3n) is 5.52. The molecule has 0 radical (unpaired) electrons. The van der Waals surface area contributed by atoms with Crippen molar-refractivity contribution in [2.75, 3.05) is 25.0 Å². The van der Waals surface area contributed by atoms with Gasteiger partial charge in [-0.05, 0) is 50.3 Å². The van der Waals surface area contributed by atoms with Gasteiger partial charge in [0.1, 0.15) is 28.1 Å². The number of benzene rings is 2. The van der Waals surface area contributed by atoms with Gasteiger partial charge in [0.25, 0.3) is 0 Å². The Morgan fingerprint density at radius 3 is 2.69 bits per heavy atom. The molecule has 0 aliphatic carbocycles. The van der Waals surface area contributed by atoms with Gasteiger partial charge in [-0.3, -0.25) is 9.88 Å². The zero-order chi connectivity index (χ0) is 22.7. The summed E-state index contributed by atoms with van der Waals surface area (Å²) in [7, 11) is 0. The number of ether oxygens (including phenoxy) is 1. The minimum Gasteiger partial charge on any atom is -0.508 e. The van der Waals surface area contributed by atoms with Crippen LogP contribution in [-0.4, -0.2) is 40.7 Å². The van der Waals surface area contributed by atoms with Gasteiger partial charge in [-0.1, -0.05) is 26.0 Å². The summed E-state index contributed by atoms with van der Waals surface area (Å²) in [6.45, 7) is 8.57. The van der Waals surface area contributed by atoms with Crippen molar-refractivity contribution in [1.82, 2.24) is 9.88 Å². The quantitative estimate of drug-likeness (QED) is 0.282. The highest BCUT2D eigenvalue weighted by atomic mass is 16.5. The molecule has 32 heavy (non-hydrogen) atoms. The van der Waals surface area contributed by atoms with Crippen LogP contribution in [0, 0.1) is 0 Å². The van der Waals surface area contributed by atoms with Crippen LogP contribution in [0.3, 0.4) is 0 Å². The first kappa shape index (κ1) is 21.6. The zero-order valence-corrected chi connectivity index (χ0v) is 18.5. The molecule has 2 N–H and O–H groups in total. The molecule has 0 saturated carbocycles. The summed E-state index contributed by atoms with van der Waals surface area (Å²) >= 11 is 0. The Kier molecular flexibility index (Phi) is 6.28. The van der Waals surface area contributed by atoms with Crippen LogP contribution in [0.15, 0.2) is 53.1 Å². The van der Waals surface area contributed by atoms with Crippen molar-refractivity contribution < 1.29 is 19.1 Å². The summed E-state index contributed by atoms with van der Waals surface area (Å²) in [6.07, 6.45) is 1.52. The van der Waals surface area contributed by atoms with Crippen LogP contribution in [0.5, 0.6) is 5.75 Å². The first-order chi connectivity index (χ1) is 15.5. The topological polar surface area (TPSA) is 87.8 Å². The van der Waals surface area contributed by atoms with Crippen molar-refractivity contribution in [3.8, 4) is 5.75 Å². The summed E-state index contributed by atoms with van der Waals surface area (Å²) in [5, 5.41) is 14.6. The molecule has 2 aromatic carbocycles. The minimum atomic E-state index is -0.480. The second kappa shape index (κ2) is 9.28. The Bertz CT molecular complexity index is 1260. The second-order valence-electron chi connectivity index (χ2n) is 7.47. The van der Waals surface area contributed by atoms with Gasteiger partial charge in [-0.25, -0.2) is 4.79 Å². The van der Waals surface area contributed by atoms with Crippen LogP contribution in [0.4, 0.5) is 11.4 Å². The third-order valence-corrected chi connectivity index (χ3v) is 5.52. The number of nitrogens with zero attached hydrogens (tertiary/aromatic N) is 2. The van der Waals surface area contributed by atoms with Crippen molar-refractivity contribution in [2.45, 2.75) is 27.3 Å². The lowest BCUT2D eigenvalue weighted by Crippen LogP contribution is -2.22. The number of hydrogen-bond donors (Lipinski definition) is 2. The molecule has 166 valence electrons. The van der Waals surface area contributed by atoms with E-state index < -0.39 is 5.97 Å². The van der Waals surface area contributed by atoms with Gasteiger partial charge < -0.3 is 19.6 Å². The molecule has 0 amide bonds. The number of hydrogen-bond acceptors (Lipinski definition) is 7. The molecule has 0 aliphatic rings. The summed E-state index contributed by atoms with van der Waals surface area (Å²) < 4.78 is 11.3. The van der Waals surface area contributed by atoms with E-state index in [9.17, 15) is 9.90 Å². The molecule has 0 aliphatic heterocycles. The molecule has 7 nitrogen and oxygen atoms in total. The van der Waals surface area contributed by atoms with E-state index in [2.05, 4.69) is 29.0 Å². The molecule has 0 saturated heterocycles. The first-order valence-electron chi connectivity index (χ1n) is 10.8. The van der Waals surface area contributed by atoms with Crippen LogP contribution in [0.2, 0.25) is 0 Å². The highest BCUT2D eigenvalue weighted by molar-refractivity contribution is 6.11. The summed E-state index contributed by atoms with van der Waals surface area (Å²) in [6, 6.07) is 12.9.